The fraction of sp³-hybridized carbons (Fsp3) is 0.480. The summed E-state index contributed by atoms with van der Waals surface area (Å²) in [5.41, 5.74) is 4.10. The standard InChI is InChI=1S/C25H33N3O3S/c1-15(2)11-12-26-21(29)13-20-14-32-25-27-18(6)22(24(30)31-16(3)4)23(28(20)25)19-9-7-17(5)8-10-19/h7-10,14-16,23H,11-13H2,1-6H3,(H,26,29)/t23-/m1/s1. The second-order valence-electron chi connectivity index (χ2n) is 8.97. The van der Waals surface area contributed by atoms with Gasteiger partial charge < -0.3 is 15.0 Å². The normalized spacial score (nSPS) is 18.0. The zero-order valence-electron chi connectivity index (χ0n) is 19.8. The first kappa shape index (κ1) is 24.1. The van der Waals surface area contributed by atoms with Gasteiger partial charge in [-0.05, 0) is 51.0 Å². The fourth-order valence-electron chi connectivity index (χ4n) is 3.70. The molecule has 3 rings (SSSR count). The number of ether oxygens (including phenoxy) is 1. The summed E-state index contributed by atoms with van der Waals surface area (Å²) >= 11 is 1.49. The summed E-state index contributed by atoms with van der Waals surface area (Å²) in [6.07, 6.45) is 0.939. The van der Waals surface area contributed by atoms with Gasteiger partial charge in [-0.2, -0.15) is 0 Å². The van der Waals surface area contributed by atoms with E-state index in [0.717, 1.165) is 28.4 Å². The molecular formula is C25H33N3O3S. The van der Waals surface area contributed by atoms with Crippen LogP contribution in [0.5, 0.6) is 0 Å². The third-order valence-electron chi connectivity index (χ3n) is 5.34. The molecule has 0 unspecified atom stereocenters. The van der Waals surface area contributed by atoms with Crippen molar-refractivity contribution in [1.29, 1.82) is 0 Å². The smallest absolute Gasteiger partial charge is 0.338 e. The molecule has 1 aromatic rings. The molecule has 6 nitrogen and oxygen atoms in total. The van der Waals surface area contributed by atoms with Crippen LogP contribution in [0.15, 0.2) is 51.6 Å². The average molecular weight is 456 g/mol. The summed E-state index contributed by atoms with van der Waals surface area (Å²) in [5, 5.41) is 5.75. The van der Waals surface area contributed by atoms with E-state index in [1.54, 1.807) is 0 Å². The Morgan fingerprint density at radius 1 is 1.16 bits per heavy atom. The maximum atomic E-state index is 13.1. The van der Waals surface area contributed by atoms with Crippen molar-refractivity contribution in [3.63, 3.8) is 0 Å². The van der Waals surface area contributed by atoms with Crippen LogP contribution in [-0.2, 0) is 14.3 Å². The molecular weight excluding hydrogens is 422 g/mol. The molecule has 0 aromatic heterocycles. The van der Waals surface area contributed by atoms with Crippen LogP contribution in [0.4, 0.5) is 0 Å². The number of thioether (sulfide) groups is 1. The molecule has 0 saturated heterocycles. The summed E-state index contributed by atoms with van der Waals surface area (Å²) in [6, 6.07) is 7.74. The topological polar surface area (TPSA) is 71.0 Å². The molecule has 0 saturated carbocycles. The minimum Gasteiger partial charge on any atom is -0.459 e. The predicted octanol–water partition coefficient (Wildman–Crippen LogP) is 5.07. The van der Waals surface area contributed by atoms with Gasteiger partial charge in [-0.3, -0.25) is 4.79 Å². The number of hydrogen-bond donors (Lipinski definition) is 1. The third-order valence-corrected chi connectivity index (χ3v) is 6.23. The van der Waals surface area contributed by atoms with E-state index in [9.17, 15) is 9.59 Å². The van der Waals surface area contributed by atoms with Gasteiger partial charge in [-0.1, -0.05) is 55.4 Å². The lowest BCUT2D eigenvalue weighted by atomic mass is 9.93. The average Bonchev–Trinajstić information content (AvgIpc) is 3.08. The van der Waals surface area contributed by atoms with Crippen LogP contribution in [0, 0.1) is 12.8 Å². The van der Waals surface area contributed by atoms with Gasteiger partial charge in [0.05, 0.1) is 29.8 Å². The maximum absolute atomic E-state index is 13.1. The minimum atomic E-state index is -0.390. The maximum Gasteiger partial charge on any atom is 0.338 e. The van der Waals surface area contributed by atoms with E-state index in [0.29, 0.717) is 23.7 Å². The zero-order valence-corrected chi connectivity index (χ0v) is 20.6. The Bertz CT molecular complexity index is 961. The van der Waals surface area contributed by atoms with Gasteiger partial charge in [0.25, 0.3) is 0 Å². The molecule has 32 heavy (non-hydrogen) atoms. The van der Waals surface area contributed by atoms with Crippen LogP contribution in [0.2, 0.25) is 0 Å². The van der Waals surface area contributed by atoms with Crippen molar-refractivity contribution >= 4 is 28.8 Å². The summed E-state index contributed by atoms with van der Waals surface area (Å²) in [6.45, 7) is 12.5. The number of amides is 1. The van der Waals surface area contributed by atoms with E-state index < -0.39 is 0 Å². The van der Waals surface area contributed by atoms with Crippen molar-refractivity contribution in [2.24, 2.45) is 10.9 Å². The number of esters is 1. The predicted molar refractivity (Wildman–Crippen MR) is 130 cm³/mol. The van der Waals surface area contributed by atoms with Gasteiger partial charge >= 0.3 is 5.97 Å². The number of amidine groups is 1. The van der Waals surface area contributed by atoms with Crippen molar-refractivity contribution in [1.82, 2.24) is 10.2 Å². The third kappa shape index (κ3) is 5.63. The quantitative estimate of drug-likeness (QED) is 0.554. The summed E-state index contributed by atoms with van der Waals surface area (Å²) in [5.74, 6) is 0.133. The number of rotatable bonds is 8. The Hall–Kier alpha value is -2.54. The van der Waals surface area contributed by atoms with Crippen LogP contribution in [0.1, 0.15) is 64.6 Å². The first-order chi connectivity index (χ1) is 15.2. The lowest BCUT2D eigenvalue weighted by Crippen LogP contribution is -2.38. The molecule has 1 aromatic carbocycles. The van der Waals surface area contributed by atoms with Crippen LogP contribution >= 0.6 is 11.8 Å². The Morgan fingerprint density at radius 2 is 1.84 bits per heavy atom. The van der Waals surface area contributed by atoms with Crippen molar-refractivity contribution in [3.05, 3.63) is 57.8 Å². The first-order valence-electron chi connectivity index (χ1n) is 11.2. The largest absolute Gasteiger partial charge is 0.459 e. The molecule has 0 fully saturated rings. The Balaban J connectivity index is 1.92. The van der Waals surface area contributed by atoms with E-state index in [-0.39, 0.29) is 30.4 Å². The molecule has 0 spiro atoms. The number of aryl methyl sites for hydroxylation is 1. The molecule has 7 heteroatoms. The number of fused-ring (bicyclic) bond motifs is 1. The van der Waals surface area contributed by atoms with Gasteiger partial charge in [0.1, 0.15) is 0 Å². The Kier molecular flexibility index (Phi) is 7.82. The number of benzene rings is 1. The number of aliphatic imine (C=N–C) groups is 1. The first-order valence-corrected chi connectivity index (χ1v) is 12.0. The van der Waals surface area contributed by atoms with Crippen molar-refractivity contribution < 1.29 is 14.3 Å². The van der Waals surface area contributed by atoms with Gasteiger partial charge in [-0.25, -0.2) is 9.79 Å². The highest BCUT2D eigenvalue weighted by Crippen LogP contribution is 2.44. The highest BCUT2D eigenvalue weighted by molar-refractivity contribution is 8.16. The second-order valence-corrected chi connectivity index (χ2v) is 9.80. The van der Waals surface area contributed by atoms with Crippen LogP contribution in [0.25, 0.3) is 0 Å². The van der Waals surface area contributed by atoms with E-state index in [1.165, 1.54) is 11.8 Å². The molecule has 1 atom stereocenters. The fourth-order valence-corrected chi connectivity index (χ4v) is 4.66. The molecule has 2 aliphatic heterocycles. The van der Waals surface area contributed by atoms with Crippen molar-refractivity contribution in [3.8, 4) is 0 Å². The van der Waals surface area contributed by atoms with E-state index in [1.807, 2.05) is 62.3 Å². The van der Waals surface area contributed by atoms with Crippen molar-refractivity contribution in [2.75, 3.05) is 6.54 Å². The number of allylic oxidation sites excluding steroid dienone is 1. The molecule has 0 radical (unpaired) electrons. The monoisotopic (exact) mass is 455 g/mol. The number of carbonyl (C=O) groups is 2. The number of nitrogens with one attached hydrogen (secondary N) is 1. The van der Waals surface area contributed by atoms with E-state index in [2.05, 4.69) is 19.2 Å². The molecule has 172 valence electrons. The van der Waals surface area contributed by atoms with Crippen molar-refractivity contribution in [2.45, 2.75) is 66.5 Å². The highest BCUT2D eigenvalue weighted by atomic mass is 32.2. The minimum absolute atomic E-state index is 0.0287. The molecule has 2 heterocycles. The van der Waals surface area contributed by atoms with Gasteiger partial charge in [-0.15, -0.1) is 0 Å². The molecule has 1 amide bonds. The summed E-state index contributed by atoms with van der Waals surface area (Å²) in [7, 11) is 0. The van der Waals surface area contributed by atoms with Gasteiger partial charge in [0.2, 0.25) is 5.91 Å². The van der Waals surface area contributed by atoms with Gasteiger partial charge in [0.15, 0.2) is 5.17 Å². The zero-order chi connectivity index (χ0) is 23.4. The van der Waals surface area contributed by atoms with Crippen LogP contribution in [0.3, 0.4) is 0 Å². The molecule has 1 N–H and O–H groups in total. The summed E-state index contributed by atoms with van der Waals surface area (Å²) in [4.78, 5) is 32.5. The summed E-state index contributed by atoms with van der Waals surface area (Å²) < 4.78 is 5.58. The second kappa shape index (κ2) is 10.4. The van der Waals surface area contributed by atoms with Crippen LogP contribution in [-0.4, -0.2) is 34.6 Å². The van der Waals surface area contributed by atoms with Crippen LogP contribution < -0.4 is 5.32 Å². The van der Waals surface area contributed by atoms with E-state index in [4.69, 9.17) is 9.73 Å². The highest BCUT2D eigenvalue weighted by Gasteiger charge is 2.41. The van der Waals surface area contributed by atoms with E-state index >= 15 is 0 Å². The SMILES string of the molecule is CC1=C(C(=O)OC(C)C)[C@@H](c2ccc(C)cc2)N2C(CC(=O)NCCC(C)C)=CSC2=N1. The number of carbonyl (C=O) groups excluding carboxylic acids is 2. The molecule has 0 aliphatic carbocycles. The number of hydrogen-bond acceptors (Lipinski definition) is 6. The lowest BCUT2D eigenvalue weighted by Gasteiger charge is -2.36. The molecule has 0 bridgehead atoms. The van der Waals surface area contributed by atoms with Gasteiger partial charge in [0, 0.05) is 12.2 Å². The number of nitrogens with zero attached hydrogens (tertiary/aromatic N) is 2. The Labute approximate surface area is 195 Å². The molecule has 2 aliphatic rings. The Morgan fingerprint density at radius 3 is 2.47 bits per heavy atom. The lowest BCUT2D eigenvalue weighted by molar-refractivity contribution is -0.143.